The van der Waals surface area contributed by atoms with Gasteiger partial charge >= 0.3 is 6.09 Å². The van der Waals surface area contributed by atoms with Gasteiger partial charge in [-0.05, 0) is 39.7 Å². The molecule has 0 bridgehead atoms. The van der Waals surface area contributed by atoms with E-state index in [0.29, 0.717) is 12.5 Å². The molecule has 1 aliphatic carbocycles. The smallest absolute Gasteiger partial charge is 0.414 e. The summed E-state index contributed by atoms with van der Waals surface area (Å²) in [6.45, 7) is 5.49. The predicted octanol–water partition coefficient (Wildman–Crippen LogP) is 1.96. The predicted molar refractivity (Wildman–Crippen MR) is 84.4 cm³/mol. The van der Waals surface area contributed by atoms with Gasteiger partial charge in [0, 0.05) is 0 Å². The van der Waals surface area contributed by atoms with Gasteiger partial charge in [0.1, 0.15) is 11.6 Å². The van der Waals surface area contributed by atoms with Gasteiger partial charge in [-0.2, -0.15) is 0 Å². The molecule has 0 unspecified atom stereocenters. The topological polar surface area (TPSA) is 87.7 Å². The molecular weight excluding hydrogens is 284 g/mol. The summed E-state index contributed by atoms with van der Waals surface area (Å²) in [4.78, 5) is 23.5. The lowest BCUT2D eigenvalue weighted by Gasteiger charge is -2.23. The summed E-state index contributed by atoms with van der Waals surface area (Å²) in [5, 5.41) is 14.5. The molecule has 3 N–H and O–H groups in total. The van der Waals surface area contributed by atoms with Gasteiger partial charge in [0.05, 0.1) is 6.61 Å². The van der Waals surface area contributed by atoms with E-state index in [-0.39, 0.29) is 6.61 Å². The Morgan fingerprint density at radius 3 is 2.41 bits per heavy atom. The quantitative estimate of drug-likeness (QED) is 0.697. The lowest BCUT2D eigenvalue weighted by molar-refractivity contribution is -0.123. The van der Waals surface area contributed by atoms with Gasteiger partial charge in [0.25, 0.3) is 0 Å². The highest BCUT2D eigenvalue weighted by Crippen LogP contribution is 2.25. The average Bonchev–Trinajstić information content (AvgIpc) is 2.42. The minimum absolute atomic E-state index is 0.348. The molecule has 0 heterocycles. The number of ether oxygens (including phenoxy) is 1. The largest absolute Gasteiger partial charge is 0.444 e. The van der Waals surface area contributed by atoms with E-state index in [1.165, 1.54) is 32.1 Å². The van der Waals surface area contributed by atoms with Crippen LogP contribution in [0.4, 0.5) is 4.79 Å². The normalized spacial score (nSPS) is 17.8. The maximum atomic E-state index is 11.9. The minimum Gasteiger partial charge on any atom is -0.444 e. The molecule has 0 aliphatic heterocycles. The molecule has 6 heteroatoms. The summed E-state index contributed by atoms with van der Waals surface area (Å²) in [5.74, 6) is 0.148. The Morgan fingerprint density at radius 2 is 1.86 bits per heavy atom. The number of aliphatic hydroxyl groups excluding tert-OH is 1. The highest BCUT2D eigenvalue weighted by molar-refractivity contribution is 5.95. The minimum atomic E-state index is -0.787. The van der Waals surface area contributed by atoms with Crippen LogP contribution in [0.2, 0.25) is 0 Å². The lowest BCUT2D eigenvalue weighted by Crippen LogP contribution is -2.49. The number of hydrogen-bond acceptors (Lipinski definition) is 5. The molecule has 1 fully saturated rings. The van der Waals surface area contributed by atoms with Crippen LogP contribution in [0.1, 0.15) is 59.3 Å². The molecule has 2 amide bonds. The third-order valence-electron chi connectivity index (χ3n) is 3.79. The number of alkyl carbamates (subject to hydrolysis) is 1. The zero-order chi connectivity index (χ0) is 16.6. The van der Waals surface area contributed by atoms with Gasteiger partial charge in [-0.15, -0.1) is 0 Å². The van der Waals surface area contributed by atoms with E-state index in [9.17, 15) is 14.7 Å². The van der Waals surface area contributed by atoms with E-state index in [1.807, 2.05) is 0 Å². The number of nitrogens with one attached hydrogen (secondary N) is 2. The van der Waals surface area contributed by atoms with Gasteiger partial charge < -0.3 is 15.2 Å². The second-order valence-electron chi connectivity index (χ2n) is 6.97. The van der Waals surface area contributed by atoms with Gasteiger partial charge in [-0.3, -0.25) is 10.1 Å². The van der Waals surface area contributed by atoms with Crippen molar-refractivity contribution in [3.8, 4) is 0 Å². The SMILES string of the molecule is CC(C)(C)OC(=O)NC(=O)[C@H](CO)NCCC1CCCCC1. The fourth-order valence-electron chi connectivity index (χ4n) is 2.67. The summed E-state index contributed by atoms with van der Waals surface area (Å²) < 4.78 is 5.02. The van der Waals surface area contributed by atoms with Crippen molar-refractivity contribution in [1.29, 1.82) is 0 Å². The molecule has 0 aromatic carbocycles. The Hall–Kier alpha value is -1.14. The van der Waals surface area contributed by atoms with Gasteiger partial charge in [0.2, 0.25) is 5.91 Å². The van der Waals surface area contributed by atoms with Crippen LogP contribution in [-0.4, -0.2) is 41.9 Å². The molecule has 1 saturated carbocycles. The van der Waals surface area contributed by atoms with Crippen LogP contribution in [0.3, 0.4) is 0 Å². The first-order chi connectivity index (χ1) is 10.3. The molecule has 6 nitrogen and oxygen atoms in total. The van der Waals surface area contributed by atoms with Crippen molar-refractivity contribution in [2.45, 2.75) is 70.9 Å². The molecule has 0 aromatic heterocycles. The van der Waals surface area contributed by atoms with E-state index in [4.69, 9.17) is 4.74 Å². The van der Waals surface area contributed by atoms with Crippen molar-refractivity contribution in [3.63, 3.8) is 0 Å². The molecule has 128 valence electrons. The van der Waals surface area contributed by atoms with E-state index in [2.05, 4.69) is 10.6 Å². The molecule has 22 heavy (non-hydrogen) atoms. The van der Waals surface area contributed by atoms with Gasteiger partial charge in [-0.25, -0.2) is 4.79 Å². The second-order valence-corrected chi connectivity index (χ2v) is 6.97. The molecule has 0 spiro atoms. The second kappa shape index (κ2) is 9.10. The zero-order valence-corrected chi connectivity index (χ0v) is 14.0. The molecule has 1 aliphatic rings. The van der Waals surface area contributed by atoms with Gasteiger partial charge in [-0.1, -0.05) is 32.1 Å². The number of aliphatic hydroxyl groups is 1. The van der Waals surface area contributed by atoms with Crippen molar-refractivity contribution in [1.82, 2.24) is 10.6 Å². The van der Waals surface area contributed by atoms with Crippen LogP contribution in [0.5, 0.6) is 0 Å². The van der Waals surface area contributed by atoms with Crippen LogP contribution in [-0.2, 0) is 9.53 Å². The molecule has 0 saturated heterocycles. The number of carbonyl (C=O) groups excluding carboxylic acids is 2. The van der Waals surface area contributed by atoms with Crippen LogP contribution in [0, 0.1) is 5.92 Å². The Labute approximate surface area is 133 Å². The monoisotopic (exact) mass is 314 g/mol. The first kappa shape index (κ1) is 18.9. The van der Waals surface area contributed by atoms with Crippen molar-refractivity contribution in [2.24, 2.45) is 5.92 Å². The summed E-state index contributed by atoms with van der Waals surface area (Å²) in [6.07, 6.45) is 6.59. The van der Waals surface area contributed by atoms with E-state index < -0.39 is 23.6 Å². The first-order valence-electron chi connectivity index (χ1n) is 8.20. The lowest BCUT2D eigenvalue weighted by atomic mass is 9.87. The zero-order valence-electron chi connectivity index (χ0n) is 14.0. The number of amides is 2. The highest BCUT2D eigenvalue weighted by atomic mass is 16.6. The van der Waals surface area contributed by atoms with Gasteiger partial charge in [0.15, 0.2) is 0 Å². The third-order valence-corrected chi connectivity index (χ3v) is 3.79. The number of carbonyl (C=O) groups is 2. The maximum absolute atomic E-state index is 11.9. The average molecular weight is 314 g/mol. The maximum Gasteiger partial charge on any atom is 0.414 e. The molecule has 1 atom stereocenters. The Kier molecular flexibility index (Phi) is 7.82. The van der Waals surface area contributed by atoms with Crippen molar-refractivity contribution in [3.05, 3.63) is 0 Å². The number of hydrogen-bond donors (Lipinski definition) is 3. The molecule has 0 radical (unpaired) electrons. The first-order valence-corrected chi connectivity index (χ1v) is 8.20. The Bertz CT molecular complexity index is 360. The van der Waals surface area contributed by atoms with Crippen LogP contribution >= 0.6 is 0 Å². The fraction of sp³-hybridized carbons (Fsp3) is 0.875. The molecular formula is C16H30N2O4. The summed E-state index contributed by atoms with van der Waals surface area (Å²) in [5.41, 5.74) is -0.659. The molecule has 1 rings (SSSR count). The fourth-order valence-corrected chi connectivity index (χ4v) is 2.67. The Balaban J connectivity index is 2.29. The number of rotatable bonds is 6. The van der Waals surface area contributed by atoms with Crippen LogP contribution in [0.15, 0.2) is 0 Å². The summed E-state index contributed by atoms with van der Waals surface area (Å²) >= 11 is 0. The summed E-state index contributed by atoms with van der Waals surface area (Å²) in [6, 6.07) is -0.781. The van der Waals surface area contributed by atoms with E-state index in [1.54, 1.807) is 20.8 Å². The highest BCUT2D eigenvalue weighted by Gasteiger charge is 2.23. The standard InChI is InChI=1S/C16H30N2O4/c1-16(2,3)22-15(21)18-14(20)13(11-19)17-10-9-12-7-5-4-6-8-12/h12-13,17,19H,4-11H2,1-3H3,(H,18,20,21)/t13-/m0/s1. The Morgan fingerprint density at radius 1 is 1.23 bits per heavy atom. The van der Waals surface area contributed by atoms with E-state index in [0.717, 1.165) is 6.42 Å². The van der Waals surface area contributed by atoms with Crippen molar-refractivity contribution < 1.29 is 19.4 Å². The number of imide groups is 1. The van der Waals surface area contributed by atoms with Crippen LogP contribution in [0.25, 0.3) is 0 Å². The summed E-state index contributed by atoms with van der Waals surface area (Å²) in [7, 11) is 0. The third kappa shape index (κ3) is 7.75. The van der Waals surface area contributed by atoms with E-state index >= 15 is 0 Å². The van der Waals surface area contributed by atoms with Crippen molar-refractivity contribution >= 4 is 12.0 Å². The van der Waals surface area contributed by atoms with Crippen LogP contribution < -0.4 is 10.6 Å². The van der Waals surface area contributed by atoms with Crippen molar-refractivity contribution in [2.75, 3.05) is 13.2 Å². The molecule has 0 aromatic rings.